The summed E-state index contributed by atoms with van der Waals surface area (Å²) >= 11 is 6.43. The number of nitrogens with zero attached hydrogens (tertiary/aromatic N) is 3. The lowest BCUT2D eigenvalue weighted by Gasteiger charge is -2.40. The number of H-pyrrole nitrogens is 1. The molecule has 182 valence electrons. The second kappa shape index (κ2) is 9.65. The maximum absolute atomic E-state index is 13.1. The Kier molecular flexibility index (Phi) is 6.58. The fraction of sp³-hybridized carbons (Fsp3) is 0.385. The minimum Gasteiger partial charge on any atom is -0.371 e. The van der Waals surface area contributed by atoms with Gasteiger partial charge in [-0.25, -0.2) is 8.42 Å². The number of halogens is 1. The van der Waals surface area contributed by atoms with E-state index in [0.29, 0.717) is 35.3 Å². The van der Waals surface area contributed by atoms with Crippen molar-refractivity contribution in [3.8, 4) is 6.07 Å². The zero-order valence-corrected chi connectivity index (χ0v) is 20.9. The molecule has 2 aliphatic rings. The summed E-state index contributed by atoms with van der Waals surface area (Å²) in [6, 6.07) is 14.2. The summed E-state index contributed by atoms with van der Waals surface area (Å²) in [6.45, 7) is 2.79. The van der Waals surface area contributed by atoms with Crippen LogP contribution in [0.5, 0.6) is 0 Å². The maximum Gasteiger partial charge on any atom is 0.257 e. The Morgan fingerprint density at radius 2 is 1.63 bits per heavy atom. The number of hydrogen-bond acceptors (Lipinski definition) is 5. The molecule has 0 aliphatic carbocycles. The smallest absolute Gasteiger partial charge is 0.257 e. The third kappa shape index (κ3) is 4.56. The van der Waals surface area contributed by atoms with E-state index in [2.05, 4.69) is 9.88 Å². The second-order valence-electron chi connectivity index (χ2n) is 9.37. The normalized spacial score (nSPS) is 18.6. The highest BCUT2D eigenvalue weighted by Crippen LogP contribution is 2.36. The van der Waals surface area contributed by atoms with E-state index in [4.69, 9.17) is 11.6 Å². The van der Waals surface area contributed by atoms with E-state index < -0.39 is 10.0 Å². The van der Waals surface area contributed by atoms with Gasteiger partial charge >= 0.3 is 0 Å². The van der Waals surface area contributed by atoms with Gasteiger partial charge in [-0.3, -0.25) is 4.79 Å². The standard InChI is InChI=1S/C26H27ClN4O3S/c27-23-16-22(15-20-5-10-29-26(32)25(20)23)30-11-6-18(7-12-30)19-8-13-31(14-9-19)35(33,34)24-4-2-1-3-21(24)17-28/h1-5,10,15-16,18-19H,6-9,11-14H2,(H,29,32). The van der Waals surface area contributed by atoms with Crippen LogP contribution in [-0.2, 0) is 10.0 Å². The summed E-state index contributed by atoms with van der Waals surface area (Å²) in [4.78, 5) is 17.2. The van der Waals surface area contributed by atoms with E-state index in [9.17, 15) is 18.5 Å². The molecule has 35 heavy (non-hydrogen) atoms. The molecule has 5 rings (SSSR count). The van der Waals surface area contributed by atoms with E-state index in [1.807, 2.05) is 24.3 Å². The molecule has 1 aromatic heterocycles. The summed E-state index contributed by atoms with van der Waals surface area (Å²) in [5.41, 5.74) is 1.05. The van der Waals surface area contributed by atoms with Crippen molar-refractivity contribution in [1.82, 2.24) is 9.29 Å². The molecule has 0 radical (unpaired) electrons. The number of piperidine rings is 2. The molecule has 0 atom stereocenters. The first-order valence-corrected chi connectivity index (χ1v) is 13.8. The number of aromatic nitrogens is 1. The molecule has 3 heterocycles. The molecular weight excluding hydrogens is 484 g/mol. The number of aromatic amines is 1. The van der Waals surface area contributed by atoms with Crippen molar-refractivity contribution in [2.75, 3.05) is 31.1 Å². The van der Waals surface area contributed by atoms with E-state index in [1.54, 1.807) is 24.4 Å². The van der Waals surface area contributed by atoms with Crippen molar-refractivity contribution in [3.05, 3.63) is 69.6 Å². The van der Waals surface area contributed by atoms with E-state index in [-0.39, 0.29) is 16.0 Å². The van der Waals surface area contributed by atoms with Gasteiger partial charge in [-0.15, -0.1) is 0 Å². The van der Waals surface area contributed by atoms with Crippen molar-refractivity contribution in [2.24, 2.45) is 11.8 Å². The van der Waals surface area contributed by atoms with Gasteiger partial charge in [-0.1, -0.05) is 23.7 Å². The lowest BCUT2D eigenvalue weighted by atomic mass is 9.79. The number of pyridine rings is 1. The average Bonchev–Trinajstić information content (AvgIpc) is 2.88. The van der Waals surface area contributed by atoms with Gasteiger partial charge in [0.2, 0.25) is 10.0 Å². The molecule has 0 amide bonds. The zero-order valence-electron chi connectivity index (χ0n) is 19.3. The largest absolute Gasteiger partial charge is 0.371 e. The summed E-state index contributed by atoms with van der Waals surface area (Å²) in [5, 5.41) is 11.1. The molecule has 2 fully saturated rings. The molecule has 1 N–H and O–H groups in total. The number of hydrogen-bond donors (Lipinski definition) is 1. The molecular formula is C26H27ClN4O3S. The average molecular weight is 511 g/mol. The molecule has 0 spiro atoms. The Hall–Kier alpha value is -2.86. The Morgan fingerprint density at radius 3 is 2.31 bits per heavy atom. The lowest BCUT2D eigenvalue weighted by Crippen LogP contribution is -2.43. The number of rotatable bonds is 4. The minimum absolute atomic E-state index is 0.102. The first kappa shape index (κ1) is 23.9. The van der Waals surface area contributed by atoms with Gasteiger partial charge in [-0.05, 0) is 73.2 Å². The highest BCUT2D eigenvalue weighted by Gasteiger charge is 2.35. The molecule has 2 aromatic carbocycles. The van der Waals surface area contributed by atoms with E-state index in [0.717, 1.165) is 49.8 Å². The van der Waals surface area contributed by atoms with Gasteiger partial charge in [0.1, 0.15) is 6.07 Å². The second-order valence-corrected chi connectivity index (χ2v) is 11.7. The number of nitrogens with one attached hydrogen (secondary N) is 1. The highest BCUT2D eigenvalue weighted by molar-refractivity contribution is 7.89. The topological polar surface area (TPSA) is 97.3 Å². The van der Waals surface area contributed by atoms with Crippen LogP contribution in [0.4, 0.5) is 5.69 Å². The SMILES string of the molecule is N#Cc1ccccc1S(=O)(=O)N1CCC(C2CCN(c3cc(Cl)c4c(=O)[nH]ccc4c3)CC2)CC1. The molecule has 2 aliphatic heterocycles. The highest BCUT2D eigenvalue weighted by atomic mass is 35.5. The van der Waals surface area contributed by atoms with E-state index >= 15 is 0 Å². The Balaban J connectivity index is 1.21. The number of anilines is 1. The van der Waals surface area contributed by atoms with Crippen LogP contribution in [-0.4, -0.2) is 43.9 Å². The van der Waals surface area contributed by atoms with Crippen LogP contribution in [0.3, 0.4) is 0 Å². The van der Waals surface area contributed by atoms with Gasteiger partial charge in [-0.2, -0.15) is 9.57 Å². The molecule has 3 aromatic rings. The van der Waals surface area contributed by atoms with Gasteiger partial charge in [0, 0.05) is 38.1 Å². The summed E-state index contributed by atoms with van der Waals surface area (Å²) in [6.07, 6.45) is 5.40. The third-order valence-electron chi connectivity index (χ3n) is 7.51. The summed E-state index contributed by atoms with van der Waals surface area (Å²) in [5.74, 6) is 1.05. The predicted molar refractivity (Wildman–Crippen MR) is 137 cm³/mol. The first-order valence-electron chi connectivity index (χ1n) is 11.9. The van der Waals surface area contributed by atoms with Gasteiger partial charge in [0.25, 0.3) is 5.56 Å². The monoisotopic (exact) mass is 510 g/mol. The van der Waals surface area contributed by atoms with Crippen LogP contribution in [0, 0.1) is 23.2 Å². The Morgan fingerprint density at radius 1 is 0.971 bits per heavy atom. The first-order chi connectivity index (χ1) is 16.9. The minimum atomic E-state index is -3.66. The molecule has 0 saturated carbocycles. The van der Waals surface area contributed by atoms with Crippen LogP contribution in [0.2, 0.25) is 5.02 Å². The van der Waals surface area contributed by atoms with Crippen LogP contribution in [0.25, 0.3) is 10.8 Å². The molecule has 2 saturated heterocycles. The van der Waals surface area contributed by atoms with Crippen LogP contribution in [0.15, 0.2) is 58.4 Å². The summed E-state index contributed by atoms with van der Waals surface area (Å²) < 4.78 is 27.8. The number of benzene rings is 2. The number of nitriles is 1. The van der Waals surface area contributed by atoms with Crippen LogP contribution in [0.1, 0.15) is 31.2 Å². The molecule has 0 unspecified atom stereocenters. The van der Waals surface area contributed by atoms with E-state index in [1.165, 1.54) is 10.4 Å². The van der Waals surface area contributed by atoms with Gasteiger partial charge < -0.3 is 9.88 Å². The van der Waals surface area contributed by atoms with Crippen LogP contribution >= 0.6 is 11.6 Å². The third-order valence-corrected chi connectivity index (χ3v) is 9.76. The van der Waals surface area contributed by atoms with Crippen molar-refractivity contribution in [2.45, 2.75) is 30.6 Å². The van der Waals surface area contributed by atoms with Gasteiger partial charge in [0.05, 0.1) is 20.9 Å². The molecule has 7 nitrogen and oxygen atoms in total. The molecule has 9 heteroatoms. The fourth-order valence-electron chi connectivity index (χ4n) is 5.59. The quantitative estimate of drug-likeness (QED) is 0.562. The van der Waals surface area contributed by atoms with Crippen LogP contribution < -0.4 is 10.5 Å². The zero-order chi connectivity index (χ0) is 24.6. The molecule has 0 bridgehead atoms. The van der Waals surface area contributed by atoms with Crippen molar-refractivity contribution >= 4 is 38.1 Å². The summed E-state index contributed by atoms with van der Waals surface area (Å²) in [7, 11) is -3.66. The van der Waals surface area contributed by atoms with Crippen molar-refractivity contribution in [3.63, 3.8) is 0 Å². The fourth-order valence-corrected chi connectivity index (χ4v) is 7.50. The predicted octanol–water partition coefficient (Wildman–Crippen LogP) is 4.37. The number of fused-ring (bicyclic) bond motifs is 1. The lowest BCUT2D eigenvalue weighted by molar-refractivity contribution is 0.183. The maximum atomic E-state index is 13.1. The Bertz CT molecular complexity index is 1450. The Labute approximate surface area is 210 Å². The number of sulfonamides is 1. The van der Waals surface area contributed by atoms with Crippen molar-refractivity contribution < 1.29 is 8.42 Å². The van der Waals surface area contributed by atoms with Crippen molar-refractivity contribution in [1.29, 1.82) is 5.26 Å². The van der Waals surface area contributed by atoms with Gasteiger partial charge in [0.15, 0.2) is 0 Å².